The Bertz CT molecular complexity index is 703. The first-order valence-corrected chi connectivity index (χ1v) is 5.76. The molecule has 0 saturated carbocycles. The number of hydrogen-bond donors (Lipinski definition) is 1. The Labute approximate surface area is 108 Å². The minimum absolute atomic E-state index is 0.186. The molecular weight excluding hydrogens is 253 g/mol. The highest BCUT2D eigenvalue weighted by molar-refractivity contribution is 6.33. The summed E-state index contributed by atoms with van der Waals surface area (Å²) in [6, 6.07) is 11.9. The Morgan fingerprint density at radius 1 is 1.11 bits per heavy atom. The number of nitrogen functional groups attached to an aromatic ring is 1. The molecule has 2 aromatic carbocycles. The van der Waals surface area contributed by atoms with Crippen LogP contribution in [0.3, 0.4) is 0 Å². The second-order valence-corrected chi connectivity index (χ2v) is 4.40. The number of para-hydroxylation sites is 1. The molecule has 4 heteroatoms. The SMILES string of the molecule is Nc1c(Cl)cc(F)cc1-c1cc2ccccc2o1. The van der Waals surface area contributed by atoms with E-state index in [2.05, 4.69) is 0 Å². The van der Waals surface area contributed by atoms with Crippen molar-refractivity contribution < 1.29 is 8.81 Å². The van der Waals surface area contributed by atoms with Crippen LogP contribution >= 0.6 is 11.6 Å². The van der Waals surface area contributed by atoms with Gasteiger partial charge in [-0.3, -0.25) is 0 Å². The van der Waals surface area contributed by atoms with Gasteiger partial charge in [-0.2, -0.15) is 0 Å². The third-order valence-corrected chi connectivity index (χ3v) is 3.10. The van der Waals surface area contributed by atoms with Crippen LogP contribution in [-0.4, -0.2) is 0 Å². The molecule has 0 atom stereocenters. The van der Waals surface area contributed by atoms with Crippen molar-refractivity contribution in [3.8, 4) is 11.3 Å². The fraction of sp³-hybridized carbons (Fsp3) is 0. The third-order valence-electron chi connectivity index (χ3n) is 2.79. The van der Waals surface area contributed by atoms with Crippen molar-refractivity contribution in [2.75, 3.05) is 5.73 Å². The van der Waals surface area contributed by atoms with Gasteiger partial charge in [0.25, 0.3) is 0 Å². The fourth-order valence-electron chi connectivity index (χ4n) is 1.90. The Balaban J connectivity index is 2.26. The molecule has 2 N–H and O–H groups in total. The zero-order chi connectivity index (χ0) is 12.7. The number of hydrogen-bond acceptors (Lipinski definition) is 2. The van der Waals surface area contributed by atoms with E-state index in [9.17, 15) is 4.39 Å². The van der Waals surface area contributed by atoms with Crippen molar-refractivity contribution >= 4 is 28.3 Å². The number of anilines is 1. The first-order valence-electron chi connectivity index (χ1n) is 5.38. The molecule has 1 heterocycles. The number of benzene rings is 2. The topological polar surface area (TPSA) is 39.2 Å². The summed E-state index contributed by atoms with van der Waals surface area (Å²) in [5, 5.41) is 1.12. The lowest BCUT2D eigenvalue weighted by molar-refractivity contribution is 0.618. The van der Waals surface area contributed by atoms with Gasteiger partial charge in [-0.15, -0.1) is 0 Å². The fourth-order valence-corrected chi connectivity index (χ4v) is 2.11. The van der Waals surface area contributed by atoms with Gasteiger partial charge in [0.05, 0.1) is 10.7 Å². The van der Waals surface area contributed by atoms with E-state index in [1.807, 2.05) is 30.3 Å². The smallest absolute Gasteiger partial charge is 0.137 e. The summed E-state index contributed by atoms with van der Waals surface area (Å²) in [5.41, 5.74) is 7.36. The molecule has 0 aliphatic rings. The summed E-state index contributed by atoms with van der Waals surface area (Å²) in [6.07, 6.45) is 0. The highest BCUT2D eigenvalue weighted by atomic mass is 35.5. The highest BCUT2D eigenvalue weighted by Crippen LogP contribution is 2.35. The average molecular weight is 262 g/mol. The van der Waals surface area contributed by atoms with Crippen molar-refractivity contribution in [1.82, 2.24) is 0 Å². The molecule has 0 saturated heterocycles. The standard InChI is InChI=1S/C14H9ClFNO/c15-11-7-9(16)6-10(14(11)17)13-5-8-3-1-2-4-12(8)18-13/h1-7H,17H2. The van der Waals surface area contributed by atoms with Gasteiger partial charge in [0.15, 0.2) is 0 Å². The summed E-state index contributed by atoms with van der Waals surface area (Å²) in [7, 11) is 0. The molecule has 1 aromatic heterocycles. The van der Waals surface area contributed by atoms with Gasteiger partial charge in [0.1, 0.15) is 17.2 Å². The van der Waals surface area contributed by atoms with E-state index in [1.165, 1.54) is 12.1 Å². The van der Waals surface area contributed by atoms with Gasteiger partial charge in [-0.1, -0.05) is 29.8 Å². The number of furan rings is 1. The maximum atomic E-state index is 13.4. The zero-order valence-electron chi connectivity index (χ0n) is 9.28. The lowest BCUT2D eigenvalue weighted by Crippen LogP contribution is -1.92. The number of fused-ring (bicyclic) bond motifs is 1. The predicted molar refractivity (Wildman–Crippen MR) is 71.0 cm³/mol. The lowest BCUT2D eigenvalue weighted by Gasteiger charge is -2.04. The molecular formula is C14H9ClFNO. The third kappa shape index (κ3) is 1.73. The molecule has 0 aliphatic carbocycles. The summed E-state index contributed by atoms with van der Waals surface area (Å²) >= 11 is 5.86. The molecule has 0 fully saturated rings. The van der Waals surface area contributed by atoms with E-state index >= 15 is 0 Å². The van der Waals surface area contributed by atoms with Crippen LogP contribution in [0.25, 0.3) is 22.3 Å². The number of halogens is 2. The van der Waals surface area contributed by atoms with Gasteiger partial charge in [0.2, 0.25) is 0 Å². The minimum Gasteiger partial charge on any atom is -0.456 e. The van der Waals surface area contributed by atoms with E-state index in [1.54, 1.807) is 0 Å². The summed E-state index contributed by atoms with van der Waals surface area (Å²) in [4.78, 5) is 0. The second kappa shape index (κ2) is 4.03. The van der Waals surface area contributed by atoms with Crippen LogP contribution in [0.15, 0.2) is 46.9 Å². The van der Waals surface area contributed by atoms with Crippen LogP contribution in [0.4, 0.5) is 10.1 Å². The molecule has 18 heavy (non-hydrogen) atoms. The van der Waals surface area contributed by atoms with Crippen molar-refractivity contribution in [3.05, 3.63) is 53.3 Å². The highest BCUT2D eigenvalue weighted by Gasteiger charge is 2.13. The molecule has 0 spiro atoms. The summed E-state index contributed by atoms with van der Waals surface area (Å²) < 4.78 is 19.0. The van der Waals surface area contributed by atoms with Gasteiger partial charge < -0.3 is 10.2 Å². The quantitative estimate of drug-likeness (QED) is 0.656. The molecule has 0 aliphatic heterocycles. The monoisotopic (exact) mass is 261 g/mol. The van der Waals surface area contributed by atoms with E-state index in [0.717, 1.165) is 11.0 Å². The Kier molecular flexibility index (Phi) is 2.49. The molecule has 3 rings (SSSR count). The average Bonchev–Trinajstić information content (AvgIpc) is 2.77. The summed E-state index contributed by atoms with van der Waals surface area (Å²) in [6.45, 7) is 0. The molecule has 0 radical (unpaired) electrons. The van der Waals surface area contributed by atoms with E-state index in [4.69, 9.17) is 21.8 Å². The van der Waals surface area contributed by atoms with Gasteiger partial charge in [-0.05, 0) is 24.3 Å². The van der Waals surface area contributed by atoms with Crippen LogP contribution < -0.4 is 5.73 Å². The minimum atomic E-state index is -0.440. The molecule has 0 amide bonds. The molecule has 2 nitrogen and oxygen atoms in total. The zero-order valence-corrected chi connectivity index (χ0v) is 10.0. The Hall–Kier alpha value is -2.00. The Morgan fingerprint density at radius 3 is 2.67 bits per heavy atom. The lowest BCUT2D eigenvalue weighted by atomic mass is 10.1. The van der Waals surface area contributed by atoms with E-state index in [0.29, 0.717) is 17.0 Å². The van der Waals surface area contributed by atoms with E-state index < -0.39 is 5.82 Å². The first kappa shape index (κ1) is 11.1. The second-order valence-electron chi connectivity index (χ2n) is 4.00. The van der Waals surface area contributed by atoms with Crippen LogP contribution in [0, 0.1) is 5.82 Å². The molecule has 0 unspecified atom stereocenters. The van der Waals surface area contributed by atoms with Crippen LogP contribution in [0.5, 0.6) is 0 Å². The normalized spacial score (nSPS) is 11.0. The van der Waals surface area contributed by atoms with E-state index in [-0.39, 0.29) is 5.02 Å². The van der Waals surface area contributed by atoms with Crippen molar-refractivity contribution in [2.45, 2.75) is 0 Å². The van der Waals surface area contributed by atoms with Crippen molar-refractivity contribution in [2.24, 2.45) is 0 Å². The van der Waals surface area contributed by atoms with Crippen LogP contribution in [-0.2, 0) is 0 Å². The van der Waals surface area contributed by atoms with Crippen molar-refractivity contribution in [1.29, 1.82) is 0 Å². The van der Waals surface area contributed by atoms with Crippen molar-refractivity contribution in [3.63, 3.8) is 0 Å². The van der Waals surface area contributed by atoms with Crippen LogP contribution in [0.2, 0.25) is 5.02 Å². The first-order chi connectivity index (χ1) is 8.65. The van der Waals surface area contributed by atoms with Crippen LogP contribution in [0.1, 0.15) is 0 Å². The maximum Gasteiger partial charge on any atom is 0.137 e. The molecule has 3 aromatic rings. The number of nitrogens with two attached hydrogens (primary N) is 1. The van der Waals surface area contributed by atoms with Gasteiger partial charge in [0, 0.05) is 10.9 Å². The molecule has 0 bridgehead atoms. The Morgan fingerprint density at radius 2 is 1.89 bits per heavy atom. The largest absolute Gasteiger partial charge is 0.456 e. The number of rotatable bonds is 1. The summed E-state index contributed by atoms with van der Waals surface area (Å²) in [5.74, 6) is 0.0692. The van der Waals surface area contributed by atoms with Gasteiger partial charge >= 0.3 is 0 Å². The predicted octanol–water partition coefficient (Wildman–Crippen LogP) is 4.47. The maximum absolute atomic E-state index is 13.4. The van der Waals surface area contributed by atoms with Gasteiger partial charge in [-0.25, -0.2) is 4.39 Å². The molecule has 90 valence electrons.